The van der Waals surface area contributed by atoms with Crippen LogP contribution in [-0.4, -0.2) is 46.7 Å². The van der Waals surface area contributed by atoms with E-state index in [-0.39, 0.29) is 40.4 Å². The zero-order chi connectivity index (χ0) is 32.7. The minimum absolute atomic E-state index is 0.00765. The van der Waals surface area contributed by atoms with Gasteiger partial charge < -0.3 is 20.9 Å². The van der Waals surface area contributed by atoms with E-state index in [1.165, 1.54) is 24.1 Å². The Morgan fingerprint density at radius 1 is 1.17 bits per heavy atom. The highest BCUT2D eigenvalue weighted by Gasteiger charge is 2.60. The van der Waals surface area contributed by atoms with Crippen LogP contribution in [0.3, 0.4) is 0 Å². The van der Waals surface area contributed by atoms with Gasteiger partial charge in [0.25, 0.3) is 0 Å². The number of hydrogen-bond donors (Lipinski definition) is 4. The first kappa shape index (κ1) is 32.3. The third kappa shape index (κ3) is 5.91. The molecule has 2 aromatic rings. The number of pyridine rings is 1. The third-order valence-electron chi connectivity index (χ3n) is 11.2. The number of quaternary nitrogens is 1. The molecule has 6 atom stereocenters. The highest BCUT2D eigenvalue weighted by Crippen LogP contribution is 2.56. The monoisotopic (exact) mass is 673 g/mol. The highest BCUT2D eigenvalue weighted by atomic mass is 33.1. The van der Waals surface area contributed by atoms with Gasteiger partial charge in [-0.1, -0.05) is 41.0 Å². The molecule has 0 saturated heterocycles. The SMILES string of the molecule is CCC1CCC(=O)CC(=O)C2=Cc3cc(OC)c(O)cc3C(CC2)c2cnc(N)c(c2)C(C23CCCC2C=CC2=CNC[NH+]23)SSC1. The number of aromatic nitrogens is 1. The van der Waals surface area contributed by atoms with Gasteiger partial charge in [-0.25, -0.2) is 4.98 Å². The highest BCUT2D eigenvalue weighted by molar-refractivity contribution is 8.76. The second-order valence-corrected chi connectivity index (χ2v) is 16.2. The van der Waals surface area contributed by atoms with Crippen molar-refractivity contribution < 1.29 is 24.3 Å². The smallest absolute Gasteiger partial charge is 0.166 e. The van der Waals surface area contributed by atoms with Crippen LogP contribution < -0.4 is 20.7 Å². The van der Waals surface area contributed by atoms with Crippen LogP contribution in [0.15, 0.2) is 54.0 Å². The minimum atomic E-state index is -0.135. The van der Waals surface area contributed by atoms with Crippen molar-refractivity contribution in [1.29, 1.82) is 0 Å². The van der Waals surface area contributed by atoms with Crippen molar-refractivity contribution in [3.63, 3.8) is 0 Å². The topological polar surface area (TPSA) is 119 Å². The lowest BCUT2D eigenvalue weighted by Crippen LogP contribution is -3.20. The van der Waals surface area contributed by atoms with Crippen LogP contribution >= 0.6 is 21.6 Å². The van der Waals surface area contributed by atoms with E-state index < -0.39 is 0 Å². The van der Waals surface area contributed by atoms with Gasteiger partial charge in [0, 0.05) is 42.2 Å². The number of methoxy groups -OCH3 is 1. The summed E-state index contributed by atoms with van der Waals surface area (Å²) in [7, 11) is 5.36. The summed E-state index contributed by atoms with van der Waals surface area (Å²) < 4.78 is 5.48. The number of Topliss-reactive ketones (excluding diaryl/α,β-unsaturated/α-hetero) is 2. The van der Waals surface area contributed by atoms with Crippen molar-refractivity contribution in [1.82, 2.24) is 10.3 Å². The van der Waals surface area contributed by atoms with E-state index in [1.807, 2.05) is 33.9 Å². The molecular weight excluding hydrogens is 629 g/mol. The van der Waals surface area contributed by atoms with E-state index in [4.69, 9.17) is 15.5 Å². The second-order valence-electron chi connectivity index (χ2n) is 13.7. The number of anilines is 1. The molecule has 1 fully saturated rings. The van der Waals surface area contributed by atoms with Gasteiger partial charge in [0.2, 0.25) is 0 Å². The maximum atomic E-state index is 13.6. The molecule has 4 heterocycles. The summed E-state index contributed by atoms with van der Waals surface area (Å²) in [6.45, 7) is 3.05. The number of rotatable bonds is 3. The molecule has 7 rings (SSSR count). The van der Waals surface area contributed by atoms with Crippen LogP contribution in [0.5, 0.6) is 11.5 Å². The lowest BCUT2D eigenvalue weighted by molar-refractivity contribution is -0.915. The molecule has 10 heteroatoms. The third-order valence-corrected chi connectivity index (χ3v) is 14.2. The average Bonchev–Trinajstić information content (AvgIpc) is 3.69. The maximum Gasteiger partial charge on any atom is 0.166 e. The Kier molecular flexibility index (Phi) is 9.19. The van der Waals surface area contributed by atoms with Crippen LogP contribution in [0, 0.1) is 11.8 Å². The number of ether oxygens (including phenoxy) is 1. The van der Waals surface area contributed by atoms with Gasteiger partial charge in [-0.15, -0.1) is 0 Å². The lowest BCUT2D eigenvalue weighted by atomic mass is 9.76. The number of fused-ring (bicyclic) bond motifs is 11. The molecule has 1 aromatic carbocycles. The van der Waals surface area contributed by atoms with E-state index in [0.29, 0.717) is 48.2 Å². The number of nitrogens with zero attached hydrogens (tertiary/aromatic N) is 1. The first-order valence-corrected chi connectivity index (χ1v) is 19.4. The molecule has 0 radical (unpaired) electrons. The summed E-state index contributed by atoms with van der Waals surface area (Å²) >= 11 is 0. The first-order valence-electron chi connectivity index (χ1n) is 17.0. The number of carbonyl (C=O) groups excluding carboxylic acids is 2. The molecule has 47 heavy (non-hydrogen) atoms. The second kappa shape index (κ2) is 13.4. The molecule has 5 N–H and O–H groups in total. The van der Waals surface area contributed by atoms with Crippen molar-refractivity contribution in [2.45, 2.75) is 81.4 Å². The lowest BCUT2D eigenvalue weighted by Gasteiger charge is -2.46. The van der Waals surface area contributed by atoms with Gasteiger partial charge >= 0.3 is 0 Å². The molecule has 1 aromatic heterocycles. The zero-order valence-corrected chi connectivity index (χ0v) is 28.9. The first-order chi connectivity index (χ1) is 22.8. The number of phenols is 1. The van der Waals surface area contributed by atoms with E-state index in [1.54, 1.807) is 12.1 Å². The van der Waals surface area contributed by atoms with Gasteiger partial charge in [-0.05, 0) is 90.6 Å². The molecule has 3 aliphatic heterocycles. The van der Waals surface area contributed by atoms with Gasteiger partial charge in [0.1, 0.15) is 22.8 Å². The fourth-order valence-corrected chi connectivity index (χ4v) is 12.3. The largest absolute Gasteiger partial charge is 0.504 e. The number of carbonyl (C=O) groups is 2. The van der Waals surface area contributed by atoms with Gasteiger partial charge in [0.15, 0.2) is 24.0 Å². The Bertz CT molecular complexity index is 1670. The van der Waals surface area contributed by atoms with Gasteiger partial charge in [-0.2, -0.15) is 0 Å². The van der Waals surface area contributed by atoms with Crippen LogP contribution in [0.4, 0.5) is 5.82 Å². The number of hydrogen-bond acceptors (Lipinski definition) is 9. The molecule has 0 spiro atoms. The molecular formula is C37H45N4O4S2+. The normalized spacial score (nSPS) is 30.7. The summed E-state index contributed by atoms with van der Waals surface area (Å²) in [4.78, 5) is 33.1. The van der Waals surface area contributed by atoms with Crippen LogP contribution in [0.25, 0.3) is 6.08 Å². The number of ketones is 2. The summed E-state index contributed by atoms with van der Waals surface area (Å²) in [6.07, 6.45) is 17.4. The number of phenolic OH excluding ortho intramolecular Hbond substituents is 1. The zero-order valence-electron chi connectivity index (χ0n) is 27.2. The van der Waals surface area contributed by atoms with E-state index in [0.717, 1.165) is 60.4 Å². The molecule has 248 valence electrons. The number of aromatic hydroxyl groups is 1. The number of nitrogens with one attached hydrogen (secondary N) is 2. The Morgan fingerprint density at radius 2 is 2.04 bits per heavy atom. The van der Waals surface area contributed by atoms with Crippen molar-refractivity contribution in [2.75, 3.05) is 25.3 Å². The maximum absolute atomic E-state index is 13.6. The molecule has 0 amide bonds. The Hall–Kier alpha value is -3.21. The van der Waals surface area contributed by atoms with Gasteiger partial charge in [0.05, 0.1) is 25.0 Å². The molecule has 5 aliphatic rings. The number of benzene rings is 1. The number of nitrogen functional groups attached to an aromatic ring is 1. The fraction of sp³-hybridized carbons (Fsp3) is 0.486. The van der Waals surface area contributed by atoms with Crippen molar-refractivity contribution >= 4 is 45.0 Å². The Labute approximate surface area is 285 Å². The van der Waals surface area contributed by atoms with Crippen LogP contribution in [-0.2, 0) is 9.59 Å². The summed E-state index contributed by atoms with van der Waals surface area (Å²) in [5, 5.41) is 14.5. The quantitative estimate of drug-likeness (QED) is 0.235. The van der Waals surface area contributed by atoms with Crippen molar-refractivity contribution in [2.24, 2.45) is 11.8 Å². The van der Waals surface area contributed by atoms with E-state index in [2.05, 4.69) is 36.7 Å². The molecule has 1 saturated carbocycles. The fourth-order valence-electron chi connectivity index (χ4n) is 8.59. The summed E-state index contributed by atoms with van der Waals surface area (Å²) in [5.41, 5.74) is 12.6. The molecule has 4 bridgehead atoms. The molecule has 2 aliphatic carbocycles. The Balaban J connectivity index is 1.38. The number of nitrogens with two attached hydrogens (primary N) is 1. The van der Waals surface area contributed by atoms with Crippen LogP contribution in [0.2, 0.25) is 0 Å². The summed E-state index contributed by atoms with van der Waals surface area (Å²) in [6, 6.07) is 5.85. The molecule has 8 nitrogen and oxygen atoms in total. The predicted molar refractivity (Wildman–Crippen MR) is 189 cm³/mol. The van der Waals surface area contributed by atoms with Gasteiger partial charge in [-0.3, -0.25) is 14.5 Å². The average molecular weight is 674 g/mol. The van der Waals surface area contributed by atoms with Crippen LogP contribution in [0.1, 0.15) is 98.1 Å². The molecule has 6 unspecified atom stereocenters. The predicted octanol–water partition coefficient (Wildman–Crippen LogP) is 5.85. The number of allylic oxidation sites excluding steroid dienone is 2. The summed E-state index contributed by atoms with van der Waals surface area (Å²) in [5.74, 6) is 2.47. The van der Waals surface area contributed by atoms with Crippen molar-refractivity contribution in [3.05, 3.63) is 76.3 Å². The minimum Gasteiger partial charge on any atom is -0.504 e. The van der Waals surface area contributed by atoms with E-state index in [9.17, 15) is 14.7 Å². The standard InChI is InChI=1S/C37H44N4O4S2/c1-3-22-6-10-28(42)16-32(43)23-7-11-29(30-17-33(44)34(45-2)15-24(30)13-23)25-14-31(36(38)40-18-25)35(47-46-20-22)37-12-4-5-26(37)8-9-27-19-39-21-41(27)37/h8-9,13-15,17-19,22,26,29,35,39,44H,3-7,10-12,16,20-21H2,1-2H3,(H2,38,40)/p+1. The Morgan fingerprint density at radius 3 is 2.87 bits per heavy atom. The van der Waals surface area contributed by atoms with E-state index >= 15 is 0 Å². The van der Waals surface area contributed by atoms with Crippen molar-refractivity contribution in [3.8, 4) is 11.5 Å².